The molecule has 1 aromatic rings. The Hall–Kier alpha value is -1.84. The molecule has 0 spiro atoms. The van der Waals surface area contributed by atoms with E-state index < -0.39 is 5.97 Å². The lowest BCUT2D eigenvalue weighted by atomic mass is 9.99. The summed E-state index contributed by atoms with van der Waals surface area (Å²) in [6, 6.07) is 6.29. The summed E-state index contributed by atoms with van der Waals surface area (Å²) in [5.41, 5.74) is 0.252. The van der Waals surface area contributed by atoms with E-state index in [2.05, 4.69) is 19.2 Å². The Kier molecular flexibility index (Phi) is 5.55. The average molecular weight is 263 g/mol. The standard InChI is InChI=1S/C15H21NO3/c1-4-10(2)9-11(3)16-14(17)12-7-5-6-8-13(12)15(18)19/h5-8,10-11H,4,9H2,1-3H3,(H,16,17)(H,18,19). The molecule has 0 aliphatic heterocycles. The number of carbonyl (C=O) groups is 2. The third kappa shape index (κ3) is 4.39. The molecule has 2 N–H and O–H groups in total. The Morgan fingerprint density at radius 2 is 1.79 bits per heavy atom. The highest BCUT2D eigenvalue weighted by atomic mass is 16.4. The molecule has 0 saturated heterocycles. The van der Waals surface area contributed by atoms with Gasteiger partial charge in [-0.1, -0.05) is 32.4 Å². The molecule has 0 aliphatic rings. The van der Waals surface area contributed by atoms with E-state index in [1.807, 2.05) is 6.92 Å². The van der Waals surface area contributed by atoms with Crippen LogP contribution in [0.15, 0.2) is 24.3 Å². The molecule has 0 aromatic heterocycles. The van der Waals surface area contributed by atoms with Crippen LogP contribution in [0.25, 0.3) is 0 Å². The van der Waals surface area contributed by atoms with Crippen molar-refractivity contribution in [3.8, 4) is 0 Å². The van der Waals surface area contributed by atoms with Crippen LogP contribution in [0.5, 0.6) is 0 Å². The number of carboxylic acids is 1. The topological polar surface area (TPSA) is 66.4 Å². The van der Waals surface area contributed by atoms with Crippen molar-refractivity contribution in [2.75, 3.05) is 0 Å². The third-order valence-electron chi connectivity index (χ3n) is 3.23. The molecular weight excluding hydrogens is 242 g/mol. The van der Waals surface area contributed by atoms with Gasteiger partial charge in [-0.2, -0.15) is 0 Å². The van der Waals surface area contributed by atoms with Crippen LogP contribution >= 0.6 is 0 Å². The van der Waals surface area contributed by atoms with Gasteiger partial charge in [-0.25, -0.2) is 4.79 Å². The number of hydrogen-bond donors (Lipinski definition) is 2. The summed E-state index contributed by atoms with van der Waals surface area (Å²) < 4.78 is 0. The largest absolute Gasteiger partial charge is 0.478 e. The van der Waals surface area contributed by atoms with E-state index in [9.17, 15) is 9.59 Å². The maximum Gasteiger partial charge on any atom is 0.336 e. The van der Waals surface area contributed by atoms with Crippen LogP contribution in [-0.4, -0.2) is 23.0 Å². The number of rotatable bonds is 6. The molecular formula is C15H21NO3. The van der Waals surface area contributed by atoms with Gasteiger partial charge in [-0.3, -0.25) is 4.79 Å². The second-order valence-electron chi connectivity index (χ2n) is 4.97. The van der Waals surface area contributed by atoms with Crippen molar-refractivity contribution in [3.63, 3.8) is 0 Å². The lowest BCUT2D eigenvalue weighted by molar-refractivity contribution is 0.0690. The molecule has 4 heteroatoms. The number of aromatic carboxylic acids is 1. The van der Waals surface area contributed by atoms with E-state index in [1.165, 1.54) is 12.1 Å². The molecule has 104 valence electrons. The van der Waals surface area contributed by atoms with Crippen molar-refractivity contribution < 1.29 is 14.7 Å². The predicted octanol–water partition coefficient (Wildman–Crippen LogP) is 2.94. The number of carbonyl (C=O) groups excluding carboxylic acids is 1. The predicted molar refractivity (Wildman–Crippen MR) is 74.4 cm³/mol. The maximum absolute atomic E-state index is 12.1. The zero-order valence-electron chi connectivity index (χ0n) is 11.6. The van der Waals surface area contributed by atoms with E-state index in [0.29, 0.717) is 5.92 Å². The van der Waals surface area contributed by atoms with E-state index in [1.54, 1.807) is 12.1 Å². The highest BCUT2D eigenvalue weighted by Crippen LogP contribution is 2.12. The first-order valence-corrected chi connectivity index (χ1v) is 6.58. The van der Waals surface area contributed by atoms with Crippen LogP contribution < -0.4 is 5.32 Å². The van der Waals surface area contributed by atoms with Crippen molar-refractivity contribution in [1.29, 1.82) is 0 Å². The van der Waals surface area contributed by atoms with Crippen molar-refractivity contribution in [2.24, 2.45) is 5.92 Å². The number of amides is 1. The second-order valence-corrected chi connectivity index (χ2v) is 4.97. The van der Waals surface area contributed by atoms with Gasteiger partial charge in [0.1, 0.15) is 0 Å². The summed E-state index contributed by atoms with van der Waals surface area (Å²) in [6.45, 7) is 6.18. The van der Waals surface area contributed by atoms with Crippen molar-refractivity contribution in [1.82, 2.24) is 5.32 Å². The van der Waals surface area contributed by atoms with Gasteiger partial charge < -0.3 is 10.4 Å². The first kappa shape index (κ1) is 15.2. The third-order valence-corrected chi connectivity index (χ3v) is 3.23. The van der Waals surface area contributed by atoms with Crippen LogP contribution in [0.1, 0.15) is 54.3 Å². The van der Waals surface area contributed by atoms with Gasteiger partial charge in [0, 0.05) is 6.04 Å². The van der Waals surface area contributed by atoms with E-state index in [4.69, 9.17) is 5.11 Å². The fourth-order valence-electron chi connectivity index (χ4n) is 2.00. The molecule has 4 nitrogen and oxygen atoms in total. The molecule has 0 radical (unpaired) electrons. The maximum atomic E-state index is 12.1. The minimum Gasteiger partial charge on any atom is -0.478 e. The second kappa shape index (κ2) is 6.92. The van der Waals surface area contributed by atoms with E-state index in [-0.39, 0.29) is 23.1 Å². The molecule has 0 saturated carbocycles. The minimum absolute atomic E-state index is 0.0318. The molecule has 1 rings (SSSR count). The number of nitrogens with one attached hydrogen (secondary N) is 1. The normalized spacial score (nSPS) is 13.6. The summed E-state index contributed by atoms with van der Waals surface area (Å²) in [5, 5.41) is 11.9. The Morgan fingerprint density at radius 1 is 1.21 bits per heavy atom. The summed E-state index contributed by atoms with van der Waals surface area (Å²) >= 11 is 0. The lowest BCUT2D eigenvalue weighted by Gasteiger charge is -2.18. The Labute approximate surface area is 113 Å². The number of benzene rings is 1. The molecule has 1 amide bonds. The van der Waals surface area contributed by atoms with Gasteiger partial charge in [0.25, 0.3) is 5.91 Å². The van der Waals surface area contributed by atoms with Gasteiger partial charge in [0.15, 0.2) is 0 Å². The Balaban J connectivity index is 2.76. The summed E-state index contributed by atoms with van der Waals surface area (Å²) in [7, 11) is 0. The fraction of sp³-hybridized carbons (Fsp3) is 0.467. The molecule has 0 fully saturated rings. The van der Waals surface area contributed by atoms with Crippen LogP contribution in [0.4, 0.5) is 0 Å². The van der Waals surface area contributed by atoms with E-state index in [0.717, 1.165) is 12.8 Å². The monoisotopic (exact) mass is 263 g/mol. The number of hydrogen-bond acceptors (Lipinski definition) is 2. The van der Waals surface area contributed by atoms with E-state index >= 15 is 0 Å². The summed E-state index contributed by atoms with van der Waals surface area (Å²) in [6.07, 6.45) is 1.95. The number of carboxylic acid groups (broad SMARTS) is 1. The van der Waals surface area contributed by atoms with Crippen LogP contribution in [0.2, 0.25) is 0 Å². The van der Waals surface area contributed by atoms with Gasteiger partial charge >= 0.3 is 5.97 Å². The zero-order chi connectivity index (χ0) is 14.4. The molecule has 1 aromatic carbocycles. The van der Waals surface area contributed by atoms with Crippen LogP contribution in [0.3, 0.4) is 0 Å². The van der Waals surface area contributed by atoms with Gasteiger partial charge in [-0.15, -0.1) is 0 Å². The highest BCUT2D eigenvalue weighted by molar-refractivity contribution is 6.04. The van der Waals surface area contributed by atoms with Crippen molar-refractivity contribution in [3.05, 3.63) is 35.4 Å². The summed E-state index contributed by atoms with van der Waals surface area (Å²) in [4.78, 5) is 23.1. The van der Waals surface area contributed by atoms with Gasteiger partial charge in [-0.05, 0) is 31.4 Å². The molecule has 0 aliphatic carbocycles. The Bertz CT molecular complexity index is 456. The molecule has 19 heavy (non-hydrogen) atoms. The molecule has 2 atom stereocenters. The van der Waals surface area contributed by atoms with Crippen LogP contribution in [-0.2, 0) is 0 Å². The SMILES string of the molecule is CCC(C)CC(C)NC(=O)c1ccccc1C(=O)O. The molecule has 0 bridgehead atoms. The molecule has 0 heterocycles. The smallest absolute Gasteiger partial charge is 0.336 e. The average Bonchev–Trinajstić information content (AvgIpc) is 2.38. The van der Waals surface area contributed by atoms with Crippen LogP contribution in [0, 0.1) is 5.92 Å². The highest BCUT2D eigenvalue weighted by Gasteiger charge is 2.17. The first-order chi connectivity index (χ1) is 8.95. The van der Waals surface area contributed by atoms with Crippen molar-refractivity contribution in [2.45, 2.75) is 39.7 Å². The van der Waals surface area contributed by atoms with Gasteiger partial charge in [0.05, 0.1) is 11.1 Å². The lowest BCUT2D eigenvalue weighted by Crippen LogP contribution is -2.34. The van der Waals surface area contributed by atoms with Crippen molar-refractivity contribution >= 4 is 11.9 Å². The zero-order valence-corrected chi connectivity index (χ0v) is 11.6. The minimum atomic E-state index is -1.08. The molecule has 2 unspecified atom stereocenters. The fourth-order valence-corrected chi connectivity index (χ4v) is 2.00. The first-order valence-electron chi connectivity index (χ1n) is 6.58. The quantitative estimate of drug-likeness (QED) is 0.829. The van der Waals surface area contributed by atoms with Gasteiger partial charge in [0.2, 0.25) is 0 Å². The Morgan fingerprint density at radius 3 is 2.32 bits per heavy atom. The summed E-state index contributed by atoms with van der Waals surface area (Å²) in [5.74, 6) is -0.876.